The summed E-state index contributed by atoms with van der Waals surface area (Å²) in [5, 5.41) is 3.11. The maximum absolute atomic E-state index is 14.2. The van der Waals surface area contributed by atoms with Crippen molar-refractivity contribution in [3.63, 3.8) is 0 Å². The highest BCUT2D eigenvalue weighted by Crippen LogP contribution is 2.37. The Balaban J connectivity index is 1.13. The lowest BCUT2D eigenvalue weighted by molar-refractivity contribution is -0.166. The minimum absolute atomic E-state index is 0.00847. The normalized spacial score (nSPS) is 22.7. The zero-order valence-electron chi connectivity index (χ0n) is 25.1. The number of likely N-dealkylation sites (tertiary alicyclic amines) is 2. The molecule has 3 aromatic carbocycles. The highest BCUT2D eigenvalue weighted by molar-refractivity contribution is 6.00. The Bertz CT molecular complexity index is 1330. The Kier molecular flexibility index (Phi) is 9.51. The quantitative estimate of drug-likeness (QED) is 0.367. The number of hydrogen-bond donors (Lipinski definition) is 1. The first kappa shape index (κ1) is 29.5. The summed E-state index contributed by atoms with van der Waals surface area (Å²) >= 11 is 0. The molecule has 7 nitrogen and oxygen atoms in total. The van der Waals surface area contributed by atoms with E-state index in [1.165, 1.54) is 11.1 Å². The van der Waals surface area contributed by atoms with E-state index in [1.54, 1.807) is 0 Å². The van der Waals surface area contributed by atoms with E-state index in [9.17, 15) is 9.59 Å². The second-order valence-electron chi connectivity index (χ2n) is 12.4. The molecule has 0 bridgehead atoms. The summed E-state index contributed by atoms with van der Waals surface area (Å²) < 4.78 is 5.98. The van der Waals surface area contributed by atoms with E-state index in [4.69, 9.17) is 4.74 Å². The number of hydrogen-bond acceptors (Lipinski definition) is 5. The Hall–Kier alpha value is -3.52. The van der Waals surface area contributed by atoms with Crippen LogP contribution in [0.2, 0.25) is 0 Å². The zero-order valence-corrected chi connectivity index (χ0v) is 25.1. The number of nitrogens with zero attached hydrogens (tertiary/aromatic N) is 3. The Morgan fingerprint density at radius 2 is 1.40 bits per heavy atom. The van der Waals surface area contributed by atoms with Crippen LogP contribution in [-0.4, -0.2) is 83.5 Å². The standard InChI is InChI=1S/C36H44N4O3/c41-34-33(28-43-27-31-15-8-3-9-16-31)37-35(42)36(19-23-38(24-20-36)21-10-17-29-11-4-1-5-12-29)40(34)32-18-22-39(26-32)25-30-13-6-2-7-14-30/h1-9,11-16,32-33H,10,17-28H2,(H,37,42). The van der Waals surface area contributed by atoms with Gasteiger partial charge in [0.1, 0.15) is 11.6 Å². The van der Waals surface area contributed by atoms with Gasteiger partial charge in [-0.05, 0) is 55.3 Å². The van der Waals surface area contributed by atoms with Crippen LogP contribution < -0.4 is 5.32 Å². The first-order chi connectivity index (χ1) is 21.1. The molecule has 43 heavy (non-hydrogen) atoms. The van der Waals surface area contributed by atoms with Crippen LogP contribution in [0.5, 0.6) is 0 Å². The largest absolute Gasteiger partial charge is 0.374 e. The first-order valence-electron chi connectivity index (χ1n) is 15.9. The second kappa shape index (κ2) is 13.8. The van der Waals surface area contributed by atoms with Gasteiger partial charge < -0.3 is 19.9 Å². The molecule has 3 aliphatic rings. The monoisotopic (exact) mass is 580 g/mol. The molecule has 3 fully saturated rings. The Morgan fingerprint density at radius 1 is 0.767 bits per heavy atom. The van der Waals surface area contributed by atoms with E-state index in [2.05, 4.69) is 69.7 Å². The van der Waals surface area contributed by atoms with Crippen LogP contribution in [0.1, 0.15) is 42.4 Å². The molecule has 3 saturated heterocycles. The summed E-state index contributed by atoms with van der Waals surface area (Å²) in [6.45, 7) is 5.80. The third-order valence-corrected chi connectivity index (χ3v) is 9.45. The fourth-order valence-electron chi connectivity index (χ4n) is 7.13. The molecular weight excluding hydrogens is 536 g/mol. The van der Waals surface area contributed by atoms with Crippen molar-refractivity contribution >= 4 is 11.8 Å². The van der Waals surface area contributed by atoms with E-state index in [0.29, 0.717) is 19.4 Å². The van der Waals surface area contributed by atoms with Crippen LogP contribution in [0.4, 0.5) is 0 Å². The van der Waals surface area contributed by atoms with E-state index in [-0.39, 0.29) is 24.5 Å². The number of amides is 2. The molecule has 1 spiro atoms. The number of nitrogens with one attached hydrogen (secondary N) is 1. The van der Waals surface area contributed by atoms with Crippen molar-refractivity contribution in [1.29, 1.82) is 0 Å². The first-order valence-corrected chi connectivity index (χ1v) is 15.9. The lowest BCUT2D eigenvalue weighted by Crippen LogP contribution is -2.75. The smallest absolute Gasteiger partial charge is 0.248 e. The lowest BCUT2D eigenvalue weighted by Gasteiger charge is -2.53. The fraction of sp³-hybridized carbons (Fsp3) is 0.444. The molecule has 2 amide bonds. The van der Waals surface area contributed by atoms with Crippen LogP contribution in [-0.2, 0) is 33.9 Å². The van der Waals surface area contributed by atoms with Crippen molar-refractivity contribution in [3.8, 4) is 0 Å². The number of aryl methyl sites for hydroxylation is 1. The van der Waals surface area contributed by atoms with Crippen molar-refractivity contribution in [2.24, 2.45) is 0 Å². The summed E-state index contributed by atoms with van der Waals surface area (Å²) in [5.41, 5.74) is 2.89. The summed E-state index contributed by atoms with van der Waals surface area (Å²) in [7, 11) is 0. The van der Waals surface area contributed by atoms with Gasteiger partial charge in [0.15, 0.2) is 0 Å². The Labute approximate surface area is 255 Å². The zero-order chi connectivity index (χ0) is 29.5. The number of piperidine rings is 1. The second-order valence-corrected chi connectivity index (χ2v) is 12.4. The molecule has 0 aliphatic carbocycles. The van der Waals surface area contributed by atoms with E-state index >= 15 is 0 Å². The fourth-order valence-corrected chi connectivity index (χ4v) is 7.13. The molecule has 0 saturated carbocycles. The number of carbonyl (C=O) groups is 2. The number of piperazine rings is 1. The van der Waals surface area contributed by atoms with Gasteiger partial charge in [0, 0.05) is 38.8 Å². The minimum Gasteiger partial charge on any atom is -0.374 e. The molecule has 3 aromatic rings. The van der Waals surface area contributed by atoms with Crippen molar-refractivity contribution in [2.45, 2.75) is 62.9 Å². The van der Waals surface area contributed by atoms with Gasteiger partial charge in [0.2, 0.25) is 11.8 Å². The third-order valence-electron chi connectivity index (χ3n) is 9.45. The van der Waals surface area contributed by atoms with Crippen LogP contribution in [0.3, 0.4) is 0 Å². The van der Waals surface area contributed by atoms with Gasteiger partial charge in [-0.15, -0.1) is 0 Å². The van der Waals surface area contributed by atoms with Gasteiger partial charge in [0.25, 0.3) is 0 Å². The molecule has 0 aromatic heterocycles. The molecule has 2 unspecified atom stereocenters. The van der Waals surface area contributed by atoms with Crippen molar-refractivity contribution < 1.29 is 14.3 Å². The molecule has 2 atom stereocenters. The molecule has 7 heteroatoms. The minimum atomic E-state index is -0.795. The molecule has 226 valence electrons. The van der Waals surface area contributed by atoms with Gasteiger partial charge in [-0.25, -0.2) is 0 Å². The van der Waals surface area contributed by atoms with Crippen molar-refractivity contribution in [1.82, 2.24) is 20.0 Å². The summed E-state index contributed by atoms with van der Waals surface area (Å²) in [6.07, 6.45) is 4.36. The topological polar surface area (TPSA) is 65.1 Å². The molecule has 0 radical (unpaired) electrons. The van der Waals surface area contributed by atoms with Gasteiger partial charge in [-0.2, -0.15) is 0 Å². The predicted molar refractivity (Wildman–Crippen MR) is 168 cm³/mol. The molecular formula is C36H44N4O3. The average Bonchev–Trinajstić information content (AvgIpc) is 3.50. The van der Waals surface area contributed by atoms with Gasteiger partial charge in [-0.1, -0.05) is 91.0 Å². The van der Waals surface area contributed by atoms with Crippen molar-refractivity contribution in [3.05, 3.63) is 108 Å². The van der Waals surface area contributed by atoms with Crippen molar-refractivity contribution in [2.75, 3.05) is 39.3 Å². The van der Waals surface area contributed by atoms with E-state index < -0.39 is 11.6 Å². The number of carbonyl (C=O) groups excluding carboxylic acids is 2. The Morgan fingerprint density at radius 3 is 2.07 bits per heavy atom. The third kappa shape index (κ3) is 7.01. The highest BCUT2D eigenvalue weighted by Gasteiger charge is 2.56. The summed E-state index contributed by atoms with van der Waals surface area (Å²) in [4.78, 5) is 35.2. The maximum atomic E-state index is 14.2. The van der Waals surface area contributed by atoms with Gasteiger partial charge >= 0.3 is 0 Å². The SMILES string of the molecule is O=C1C(COCc2ccccc2)NC(=O)C2(CCN(CCCc3ccccc3)CC2)N1C1CCN(Cc2ccccc2)C1. The van der Waals surface area contributed by atoms with Crippen LogP contribution in [0, 0.1) is 0 Å². The van der Waals surface area contributed by atoms with E-state index in [1.807, 2.05) is 41.3 Å². The lowest BCUT2D eigenvalue weighted by atomic mass is 9.80. The highest BCUT2D eigenvalue weighted by atomic mass is 16.5. The van der Waals surface area contributed by atoms with Crippen LogP contribution >= 0.6 is 0 Å². The maximum Gasteiger partial charge on any atom is 0.248 e. The van der Waals surface area contributed by atoms with Gasteiger partial charge in [0.05, 0.1) is 13.2 Å². The summed E-state index contributed by atoms with van der Waals surface area (Å²) in [6, 6.07) is 30.4. The number of ether oxygens (including phenoxy) is 1. The van der Waals surface area contributed by atoms with Gasteiger partial charge in [-0.3, -0.25) is 14.5 Å². The van der Waals surface area contributed by atoms with Crippen LogP contribution in [0.15, 0.2) is 91.0 Å². The number of benzene rings is 3. The summed E-state index contributed by atoms with van der Waals surface area (Å²) in [5.74, 6) is 0.00241. The number of rotatable bonds is 11. The van der Waals surface area contributed by atoms with E-state index in [0.717, 1.165) is 64.1 Å². The molecule has 1 N–H and O–H groups in total. The molecule has 3 aliphatic heterocycles. The molecule has 3 heterocycles. The predicted octanol–water partition coefficient (Wildman–Crippen LogP) is 4.27. The molecule has 6 rings (SSSR count). The van der Waals surface area contributed by atoms with Crippen LogP contribution in [0.25, 0.3) is 0 Å². The average molecular weight is 581 g/mol.